The van der Waals surface area contributed by atoms with Gasteiger partial charge in [-0.1, -0.05) is 73.8 Å². The topological polar surface area (TPSA) is 131 Å². The second-order valence-corrected chi connectivity index (χ2v) is 12.7. The molecule has 5 aromatic carbocycles. The average Bonchev–Trinajstić information content (AvgIpc) is 3.21. The van der Waals surface area contributed by atoms with Crippen molar-refractivity contribution in [2.24, 2.45) is 0 Å². The summed E-state index contributed by atoms with van der Waals surface area (Å²) < 4.78 is 21.3. The minimum Gasteiger partial charge on any atom is -0.462 e. The third-order valence-corrected chi connectivity index (χ3v) is 8.51. The van der Waals surface area contributed by atoms with Crippen molar-refractivity contribution in [3.63, 3.8) is 0 Å². The van der Waals surface area contributed by atoms with Crippen LogP contribution in [-0.2, 0) is 30.3 Å². The molecule has 6 aromatic rings. The maximum atomic E-state index is 12.7. The summed E-state index contributed by atoms with van der Waals surface area (Å²) in [6.07, 6.45) is 9.25. The zero-order valence-electron chi connectivity index (χ0n) is 30.7. The van der Waals surface area contributed by atoms with Gasteiger partial charge in [0.2, 0.25) is 0 Å². The van der Waals surface area contributed by atoms with Gasteiger partial charge in [0.25, 0.3) is 0 Å². The number of carbonyl (C=O) groups excluding carboxylic acids is 4. The van der Waals surface area contributed by atoms with Crippen LogP contribution in [0.5, 0.6) is 17.2 Å². The van der Waals surface area contributed by atoms with Crippen molar-refractivity contribution in [3.8, 4) is 39.8 Å². The van der Waals surface area contributed by atoms with E-state index in [-0.39, 0.29) is 12.2 Å². The van der Waals surface area contributed by atoms with Crippen LogP contribution in [0.4, 0.5) is 0 Å². The van der Waals surface area contributed by atoms with Crippen LogP contribution in [-0.4, -0.2) is 40.5 Å². The molecule has 0 unspecified atom stereocenters. The Hall–Kier alpha value is -7.46. The predicted molar refractivity (Wildman–Crippen MR) is 214 cm³/mol. The summed E-state index contributed by atoms with van der Waals surface area (Å²) in [5.41, 5.74) is 3.99. The van der Waals surface area contributed by atoms with E-state index < -0.39 is 23.9 Å². The summed E-state index contributed by atoms with van der Waals surface area (Å²) in [4.78, 5) is 57.3. The SMILES string of the molecule is C=CC(=O)OCCc1ccc2c(ccc3cc(OC(=O)/C=C/C=C(\C)C(=O)Oc4ccc(-c5ncc(-c6ccc(OC(=O)C(=C)C)cc6)cn5)cc4)ccc32)c1. The number of rotatable bonds is 13. The molecule has 0 aliphatic carbocycles. The average molecular weight is 745 g/mol. The number of allylic oxidation sites excluding steroid dienone is 2. The van der Waals surface area contributed by atoms with E-state index in [2.05, 4.69) is 29.2 Å². The summed E-state index contributed by atoms with van der Waals surface area (Å²) >= 11 is 0. The van der Waals surface area contributed by atoms with E-state index in [1.165, 1.54) is 18.2 Å². The molecular formula is C46H36N2O8. The van der Waals surface area contributed by atoms with Crippen molar-refractivity contribution in [2.45, 2.75) is 20.3 Å². The first-order valence-electron chi connectivity index (χ1n) is 17.5. The minimum atomic E-state index is -0.602. The Morgan fingerprint density at radius 3 is 1.88 bits per heavy atom. The molecule has 0 saturated carbocycles. The Labute approximate surface area is 323 Å². The maximum absolute atomic E-state index is 12.7. The Bertz CT molecular complexity index is 2530. The number of hydrogen-bond acceptors (Lipinski definition) is 10. The highest BCUT2D eigenvalue weighted by molar-refractivity contribution is 6.08. The van der Waals surface area contributed by atoms with Gasteiger partial charge >= 0.3 is 23.9 Å². The Kier molecular flexibility index (Phi) is 12.0. The molecule has 6 rings (SSSR count). The molecule has 10 heteroatoms. The van der Waals surface area contributed by atoms with Crippen LogP contribution in [0.1, 0.15) is 19.4 Å². The van der Waals surface area contributed by atoms with E-state index in [0.29, 0.717) is 35.1 Å². The molecule has 0 fully saturated rings. The van der Waals surface area contributed by atoms with E-state index in [1.54, 1.807) is 74.8 Å². The lowest BCUT2D eigenvalue weighted by atomic mass is 9.99. The van der Waals surface area contributed by atoms with Crippen molar-refractivity contribution in [2.75, 3.05) is 6.61 Å². The molecule has 1 heterocycles. The van der Waals surface area contributed by atoms with Gasteiger partial charge in [-0.25, -0.2) is 29.1 Å². The van der Waals surface area contributed by atoms with Crippen LogP contribution < -0.4 is 14.2 Å². The number of nitrogens with zero attached hydrogens (tertiary/aromatic N) is 2. The first-order chi connectivity index (χ1) is 27.1. The molecule has 0 saturated heterocycles. The van der Waals surface area contributed by atoms with Gasteiger partial charge < -0.3 is 18.9 Å². The molecule has 0 bridgehead atoms. The zero-order chi connectivity index (χ0) is 39.6. The molecule has 10 nitrogen and oxygen atoms in total. The monoisotopic (exact) mass is 744 g/mol. The van der Waals surface area contributed by atoms with E-state index in [1.807, 2.05) is 42.5 Å². The van der Waals surface area contributed by atoms with Gasteiger partial charge in [-0.2, -0.15) is 0 Å². The summed E-state index contributed by atoms with van der Waals surface area (Å²) in [6, 6.07) is 29.2. The largest absolute Gasteiger partial charge is 0.462 e. The summed E-state index contributed by atoms with van der Waals surface area (Å²) in [5, 5.41) is 3.99. The van der Waals surface area contributed by atoms with Crippen LogP contribution in [0.2, 0.25) is 0 Å². The van der Waals surface area contributed by atoms with E-state index in [9.17, 15) is 19.2 Å². The lowest BCUT2D eigenvalue weighted by molar-refractivity contribution is -0.137. The first kappa shape index (κ1) is 38.3. The molecule has 1 aromatic heterocycles. The summed E-state index contributed by atoms with van der Waals surface area (Å²) in [7, 11) is 0. The van der Waals surface area contributed by atoms with Gasteiger partial charge in [0.05, 0.1) is 6.61 Å². The Morgan fingerprint density at radius 2 is 1.23 bits per heavy atom. The van der Waals surface area contributed by atoms with E-state index in [0.717, 1.165) is 49.9 Å². The van der Waals surface area contributed by atoms with Crippen LogP contribution in [0.15, 0.2) is 158 Å². The number of ether oxygens (including phenoxy) is 4. The van der Waals surface area contributed by atoms with Crippen molar-refractivity contribution in [1.29, 1.82) is 0 Å². The molecule has 0 aliphatic heterocycles. The van der Waals surface area contributed by atoms with E-state index in [4.69, 9.17) is 18.9 Å². The van der Waals surface area contributed by atoms with Gasteiger partial charge in [0, 0.05) is 53.2 Å². The molecule has 0 amide bonds. The number of carbonyl (C=O) groups is 4. The highest BCUT2D eigenvalue weighted by atomic mass is 16.5. The van der Waals surface area contributed by atoms with Crippen LogP contribution in [0.25, 0.3) is 44.1 Å². The van der Waals surface area contributed by atoms with Crippen molar-refractivity contribution >= 4 is 45.4 Å². The number of hydrogen-bond donors (Lipinski definition) is 0. The lowest BCUT2D eigenvalue weighted by Crippen LogP contribution is -2.09. The molecular weight excluding hydrogens is 709 g/mol. The fourth-order valence-corrected chi connectivity index (χ4v) is 5.53. The van der Waals surface area contributed by atoms with E-state index >= 15 is 0 Å². The molecule has 56 heavy (non-hydrogen) atoms. The normalized spacial score (nSPS) is 11.3. The number of esters is 4. The highest BCUT2D eigenvalue weighted by Gasteiger charge is 2.11. The Morgan fingerprint density at radius 1 is 0.643 bits per heavy atom. The van der Waals surface area contributed by atoms with Gasteiger partial charge in [0.1, 0.15) is 17.2 Å². The maximum Gasteiger partial charge on any atom is 0.339 e. The van der Waals surface area contributed by atoms with Crippen LogP contribution in [0, 0.1) is 0 Å². The molecule has 0 spiro atoms. The van der Waals surface area contributed by atoms with Gasteiger partial charge in [-0.05, 0) is 95.1 Å². The van der Waals surface area contributed by atoms with Gasteiger partial charge in [0.15, 0.2) is 5.82 Å². The molecule has 278 valence electrons. The predicted octanol–water partition coefficient (Wildman–Crippen LogP) is 8.88. The quantitative estimate of drug-likeness (QED) is 0.0372. The smallest absolute Gasteiger partial charge is 0.339 e. The van der Waals surface area contributed by atoms with Crippen molar-refractivity contribution < 1.29 is 38.1 Å². The van der Waals surface area contributed by atoms with Gasteiger partial charge in [-0.15, -0.1) is 0 Å². The molecule has 0 atom stereocenters. The van der Waals surface area contributed by atoms with Crippen molar-refractivity contribution in [1.82, 2.24) is 9.97 Å². The van der Waals surface area contributed by atoms with Gasteiger partial charge in [-0.3, -0.25) is 0 Å². The third kappa shape index (κ3) is 9.74. The summed E-state index contributed by atoms with van der Waals surface area (Å²) in [6.45, 7) is 10.4. The number of benzene rings is 5. The lowest BCUT2D eigenvalue weighted by Gasteiger charge is -2.09. The first-order valence-corrected chi connectivity index (χ1v) is 17.5. The highest BCUT2D eigenvalue weighted by Crippen LogP contribution is 2.30. The fourth-order valence-electron chi connectivity index (χ4n) is 5.53. The van der Waals surface area contributed by atoms with Crippen LogP contribution in [0.3, 0.4) is 0 Å². The number of aromatic nitrogens is 2. The molecule has 0 N–H and O–H groups in total. The Balaban J connectivity index is 0.998. The molecule has 0 aliphatic rings. The fraction of sp³-hybridized carbons (Fsp3) is 0.0870. The second kappa shape index (κ2) is 17.6. The number of fused-ring (bicyclic) bond motifs is 3. The summed E-state index contributed by atoms with van der Waals surface area (Å²) in [5.74, 6) is -0.505. The minimum absolute atomic E-state index is 0.273. The second-order valence-electron chi connectivity index (χ2n) is 12.7. The van der Waals surface area contributed by atoms with Crippen molar-refractivity contribution in [3.05, 3.63) is 164 Å². The van der Waals surface area contributed by atoms with Crippen LogP contribution >= 0.6 is 0 Å². The third-order valence-electron chi connectivity index (χ3n) is 8.51. The standard InChI is InChI=1S/C46H36N2O8/c1-5-42(49)53-24-23-31-9-21-40-34(25-31)10-11-35-26-39(20-22-41(35)40)54-43(50)8-6-7-30(4)46(52)56-38-18-14-33(15-19-38)44-47-27-36(28-48-44)32-12-16-37(17-13-32)55-45(51)29(2)3/h5-22,25-28H,1-2,23-24H2,3-4H3/b8-6+,30-7+. The zero-order valence-corrected chi connectivity index (χ0v) is 30.7. The molecule has 0 radical (unpaired) electrons.